The molecule has 1 fully saturated rings. The predicted octanol–water partition coefficient (Wildman–Crippen LogP) is 2.07. The first kappa shape index (κ1) is 14.9. The number of para-hydroxylation sites is 1. The van der Waals surface area contributed by atoms with Crippen LogP contribution in [0.15, 0.2) is 24.3 Å². The minimum Gasteiger partial charge on any atom is -0.354 e. The quantitative estimate of drug-likeness (QED) is 0.836. The lowest BCUT2D eigenvalue weighted by Gasteiger charge is -2.18. The van der Waals surface area contributed by atoms with Crippen molar-refractivity contribution in [2.75, 3.05) is 24.5 Å². The Balaban J connectivity index is 1.41. The van der Waals surface area contributed by atoms with Crippen LogP contribution in [0.3, 0.4) is 0 Å². The molecule has 2 aliphatic rings. The van der Waals surface area contributed by atoms with Crippen LogP contribution in [0.5, 0.6) is 0 Å². The zero-order chi connectivity index (χ0) is 15.4. The topological polar surface area (TPSA) is 61.4 Å². The van der Waals surface area contributed by atoms with Gasteiger partial charge in [-0.05, 0) is 30.9 Å². The van der Waals surface area contributed by atoms with Gasteiger partial charge in [0.1, 0.15) is 0 Å². The molecular formula is C17H23N3O2. The summed E-state index contributed by atoms with van der Waals surface area (Å²) >= 11 is 0. The van der Waals surface area contributed by atoms with Crippen molar-refractivity contribution in [2.45, 2.75) is 32.1 Å². The van der Waals surface area contributed by atoms with Crippen LogP contribution in [-0.2, 0) is 11.2 Å². The van der Waals surface area contributed by atoms with Crippen LogP contribution >= 0.6 is 0 Å². The maximum atomic E-state index is 12.2. The molecule has 0 spiro atoms. The highest BCUT2D eigenvalue weighted by Crippen LogP contribution is 2.27. The van der Waals surface area contributed by atoms with Gasteiger partial charge in [0, 0.05) is 31.2 Å². The van der Waals surface area contributed by atoms with Crippen molar-refractivity contribution in [2.24, 2.45) is 5.92 Å². The zero-order valence-corrected chi connectivity index (χ0v) is 12.8. The van der Waals surface area contributed by atoms with Gasteiger partial charge in [0.05, 0.1) is 0 Å². The Bertz CT molecular complexity index is 553. The molecule has 22 heavy (non-hydrogen) atoms. The summed E-state index contributed by atoms with van der Waals surface area (Å²) in [6.45, 7) is 1.69. The number of rotatable bonds is 4. The average Bonchev–Trinajstić information content (AvgIpc) is 3.20. The van der Waals surface area contributed by atoms with E-state index in [-0.39, 0.29) is 17.9 Å². The minimum absolute atomic E-state index is 0.0833. The highest BCUT2D eigenvalue weighted by Gasteiger charge is 2.24. The van der Waals surface area contributed by atoms with E-state index in [0.717, 1.165) is 44.3 Å². The normalized spacial score (nSPS) is 17.4. The van der Waals surface area contributed by atoms with Crippen molar-refractivity contribution in [3.63, 3.8) is 0 Å². The van der Waals surface area contributed by atoms with Crippen molar-refractivity contribution in [1.82, 2.24) is 10.6 Å². The summed E-state index contributed by atoms with van der Waals surface area (Å²) in [7, 11) is 0. The SMILES string of the molecule is O=C(NCCNC(=O)N1CCc2ccccc21)C1CCCC1. The first-order valence-corrected chi connectivity index (χ1v) is 8.16. The first-order valence-electron chi connectivity index (χ1n) is 8.16. The van der Waals surface area contributed by atoms with Gasteiger partial charge in [-0.15, -0.1) is 0 Å². The Kier molecular flexibility index (Phi) is 4.61. The van der Waals surface area contributed by atoms with E-state index in [0.29, 0.717) is 13.1 Å². The number of amides is 3. The summed E-state index contributed by atoms with van der Waals surface area (Å²) < 4.78 is 0. The Morgan fingerprint density at radius 2 is 1.82 bits per heavy atom. The van der Waals surface area contributed by atoms with Crippen LogP contribution in [0, 0.1) is 5.92 Å². The van der Waals surface area contributed by atoms with Crippen LogP contribution in [0.4, 0.5) is 10.5 Å². The Morgan fingerprint density at radius 1 is 1.09 bits per heavy atom. The lowest BCUT2D eigenvalue weighted by atomic mass is 10.1. The monoisotopic (exact) mass is 301 g/mol. The highest BCUT2D eigenvalue weighted by molar-refractivity contribution is 5.94. The number of hydrogen-bond donors (Lipinski definition) is 2. The molecule has 1 saturated carbocycles. The van der Waals surface area contributed by atoms with Gasteiger partial charge in [-0.3, -0.25) is 9.69 Å². The van der Waals surface area contributed by atoms with Crippen LogP contribution in [0.1, 0.15) is 31.2 Å². The molecule has 3 amide bonds. The summed E-state index contributed by atoms with van der Waals surface area (Å²) in [5.41, 5.74) is 2.21. The lowest BCUT2D eigenvalue weighted by Crippen LogP contribution is -2.43. The van der Waals surface area contributed by atoms with Gasteiger partial charge in [-0.25, -0.2) is 4.79 Å². The van der Waals surface area contributed by atoms with Crippen molar-refractivity contribution in [1.29, 1.82) is 0 Å². The second-order valence-corrected chi connectivity index (χ2v) is 6.03. The molecule has 0 bridgehead atoms. The van der Waals surface area contributed by atoms with E-state index in [4.69, 9.17) is 0 Å². The first-order chi connectivity index (χ1) is 10.8. The number of hydrogen-bond acceptors (Lipinski definition) is 2. The summed E-state index contributed by atoms with van der Waals surface area (Å²) in [5, 5.41) is 5.80. The standard InChI is InChI=1S/C17H23N3O2/c21-16(14-6-1-2-7-14)18-10-11-19-17(22)20-12-9-13-5-3-4-8-15(13)20/h3-5,8,14H,1-2,6-7,9-12H2,(H,18,21)(H,19,22). The maximum Gasteiger partial charge on any atom is 0.321 e. The number of fused-ring (bicyclic) bond motifs is 1. The Labute approximate surface area is 131 Å². The van der Waals surface area contributed by atoms with Crippen LogP contribution < -0.4 is 15.5 Å². The van der Waals surface area contributed by atoms with E-state index < -0.39 is 0 Å². The summed E-state index contributed by atoms with van der Waals surface area (Å²) in [5.74, 6) is 0.319. The second kappa shape index (κ2) is 6.81. The third-order valence-corrected chi connectivity index (χ3v) is 4.56. The molecule has 0 radical (unpaired) electrons. The number of benzene rings is 1. The molecule has 0 saturated heterocycles. The molecule has 5 heteroatoms. The molecule has 0 aromatic heterocycles. The zero-order valence-electron chi connectivity index (χ0n) is 12.8. The number of carbonyl (C=O) groups is 2. The lowest BCUT2D eigenvalue weighted by molar-refractivity contribution is -0.124. The molecule has 118 valence electrons. The fourth-order valence-corrected chi connectivity index (χ4v) is 3.33. The third-order valence-electron chi connectivity index (χ3n) is 4.56. The van der Waals surface area contributed by atoms with Crippen molar-refractivity contribution >= 4 is 17.6 Å². The molecule has 1 aromatic carbocycles. The second-order valence-electron chi connectivity index (χ2n) is 6.03. The molecule has 0 atom stereocenters. The van der Waals surface area contributed by atoms with Gasteiger partial charge in [0.15, 0.2) is 0 Å². The molecule has 0 unspecified atom stereocenters. The molecule has 1 aliphatic carbocycles. The largest absolute Gasteiger partial charge is 0.354 e. The molecule has 1 aliphatic heterocycles. The highest BCUT2D eigenvalue weighted by atomic mass is 16.2. The third kappa shape index (κ3) is 3.24. The fraction of sp³-hybridized carbons (Fsp3) is 0.529. The van der Waals surface area contributed by atoms with E-state index in [1.165, 1.54) is 5.56 Å². The van der Waals surface area contributed by atoms with Crippen LogP contribution in [-0.4, -0.2) is 31.6 Å². The van der Waals surface area contributed by atoms with E-state index in [1.54, 1.807) is 4.90 Å². The minimum atomic E-state index is -0.0833. The van der Waals surface area contributed by atoms with Crippen molar-refractivity contribution < 1.29 is 9.59 Å². The van der Waals surface area contributed by atoms with Gasteiger partial charge in [0.2, 0.25) is 5.91 Å². The van der Waals surface area contributed by atoms with Crippen LogP contribution in [0.2, 0.25) is 0 Å². The van der Waals surface area contributed by atoms with Gasteiger partial charge in [0.25, 0.3) is 0 Å². The van der Waals surface area contributed by atoms with Gasteiger partial charge in [-0.1, -0.05) is 31.0 Å². The molecule has 1 aromatic rings. The van der Waals surface area contributed by atoms with E-state index in [9.17, 15) is 9.59 Å². The summed E-state index contributed by atoms with van der Waals surface area (Å²) in [6.07, 6.45) is 5.22. The van der Waals surface area contributed by atoms with E-state index >= 15 is 0 Å². The van der Waals surface area contributed by atoms with Gasteiger partial charge in [-0.2, -0.15) is 0 Å². The fourth-order valence-electron chi connectivity index (χ4n) is 3.33. The molecule has 3 rings (SSSR count). The summed E-state index contributed by atoms with van der Waals surface area (Å²) in [4.78, 5) is 25.9. The number of anilines is 1. The summed E-state index contributed by atoms with van der Waals surface area (Å²) in [6, 6.07) is 7.90. The number of nitrogens with zero attached hydrogens (tertiary/aromatic N) is 1. The number of carbonyl (C=O) groups excluding carboxylic acids is 2. The van der Waals surface area contributed by atoms with E-state index in [2.05, 4.69) is 16.7 Å². The van der Waals surface area contributed by atoms with Crippen molar-refractivity contribution in [3.05, 3.63) is 29.8 Å². The maximum absolute atomic E-state index is 12.2. The molecule has 5 nitrogen and oxygen atoms in total. The van der Waals surface area contributed by atoms with Gasteiger partial charge < -0.3 is 10.6 Å². The molecule has 1 heterocycles. The number of urea groups is 1. The predicted molar refractivity (Wildman–Crippen MR) is 85.9 cm³/mol. The Hall–Kier alpha value is -2.04. The van der Waals surface area contributed by atoms with Crippen LogP contribution in [0.25, 0.3) is 0 Å². The van der Waals surface area contributed by atoms with Crippen molar-refractivity contribution in [3.8, 4) is 0 Å². The van der Waals surface area contributed by atoms with Gasteiger partial charge >= 0.3 is 6.03 Å². The average molecular weight is 301 g/mol. The number of nitrogens with one attached hydrogen (secondary N) is 2. The molecule has 2 N–H and O–H groups in total. The Morgan fingerprint density at radius 3 is 2.64 bits per heavy atom. The molecular weight excluding hydrogens is 278 g/mol. The smallest absolute Gasteiger partial charge is 0.321 e. The van der Waals surface area contributed by atoms with E-state index in [1.807, 2.05) is 18.2 Å².